The van der Waals surface area contributed by atoms with Crippen molar-refractivity contribution in [3.8, 4) is 0 Å². The minimum Gasteiger partial charge on any atom is -0.481 e. The SMILES string of the molecule is O=C(CSCCc1ccccc1)NCC1(C(=O)O)CCC1. The highest BCUT2D eigenvalue weighted by Crippen LogP contribution is 2.40. The third-order valence-electron chi connectivity index (χ3n) is 4.00. The molecule has 1 aliphatic carbocycles. The van der Waals surface area contributed by atoms with Gasteiger partial charge in [-0.3, -0.25) is 9.59 Å². The molecule has 21 heavy (non-hydrogen) atoms. The molecule has 1 aliphatic rings. The van der Waals surface area contributed by atoms with Gasteiger partial charge >= 0.3 is 5.97 Å². The van der Waals surface area contributed by atoms with Crippen molar-refractivity contribution in [2.45, 2.75) is 25.7 Å². The summed E-state index contributed by atoms with van der Waals surface area (Å²) in [5.41, 5.74) is 0.564. The number of carboxylic acids is 1. The zero-order chi connectivity index (χ0) is 15.1. The van der Waals surface area contributed by atoms with E-state index >= 15 is 0 Å². The molecule has 0 atom stereocenters. The Balaban J connectivity index is 1.61. The summed E-state index contributed by atoms with van der Waals surface area (Å²) in [6.45, 7) is 0.264. The van der Waals surface area contributed by atoms with E-state index in [0.29, 0.717) is 18.6 Å². The zero-order valence-electron chi connectivity index (χ0n) is 12.0. The molecule has 4 nitrogen and oxygen atoms in total. The van der Waals surface area contributed by atoms with E-state index in [2.05, 4.69) is 17.4 Å². The molecule has 0 spiro atoms. The minimum absolute atomic E-state index is 0.0689. The van der Waals surface area contributed by atoms with E-state index in [0.717, 1.165) is 18.6 Å². The van der Waals surface area contributed by atoms with E-state index in [1.54, 1.807) is 11.8 Å². The molecule has 1 saturated carbocycles. The smallest absolute Gasteiger partial charge is 0.311 e. The van der Waals surface area contributed by atoms with Gasteiger partial charge in [0.25, 0.3) is 0 Å². The van der Waals surface area contributed by atoms with Crippen LogP contribution in [-0.4, -0.2) is 35.0 Å². The lowest BCUT2D eigenvalue weighted by atomic mass is 9.69. The molecule has 2 N–H and O–H groups in total. The van der Waals surface area contributed by atoms with E-state index in [9.17, 15) is 14.7 Å². The second-order valence-electron chi connectivity index (χ2n) is 5.50. The number of benzene rings is 1. The van der Waals surface area contributed by atoms with Crippen LogP contribution < -0.4 is 5.32 Å². The van der Waals surface area contributed by atoms with Gasteiger partial charge < -0.3 is 10.4 Å². The van der Waals surface area contributed by atoms with Crippen LogP contribution in [0.5, 0.6) is 0 Å². The first kappa shape index (κ1) is 15.9. The van der Waals surface area contributed by atoms with Crippen molar-refractivity contribution >= 4 is 23.6 Å². The van der Waals surface area contributed by atoms with E-state index in [1.807, 2.05) is 18.2 Å². The molecule has 0 unspecified atom stereocenters. The Morgan fingerprint density at radius 1 is 1.24 bits per heavy atom. The number of carboxylic acid groups (broad SMARTS) is 1. The lowest BCUT2D eigenvalue weighted by Gasteiger charge is -2.37. The molecule has 1 aromatic rings. The van der Waals surface area contributed by atoms with Gasteiger partial charge in [0.1, 0.15) is 0 Å². The number of carbonyl (C=O) groups excluding carboxylic acids is 1. The lowest BCUT2D eigenvalue weighted by Crippen LogP contribution is -2.47. The number of carbonyl (C=O) groups is 2. The Morgan fingerprint density at radius 2 is 1.95 bits per heavy atom. The Morgan fingerprint density at radius 3 is 2.52 bits per heavy atom. The van der Waals surface area contributed by atoms with Gasteiger partial charge in [-0.25, -0.2) is 0 Å². The number of thioether (sulfide) groups is 1. The summed E-state index contributed by atoms with van der Waals surface area (Å²) in [6, 6.07) is 10.2. The molecule has 2 rings (SSSR count). The summed E-state index contributed by atoms with van der Waals surface area (Å²) in [4.78, 5) is 22.9. The molecule has 5 heteroatoms. The monoisotopic (exact) mass is 307 g/mol. The Labute approximate surface area is 129 Å². The molecule has 1 aromatic carbocycles. The van der Waals surface area contributed by atoms with Crippen molar-refractivity contribution < 1.29 is 14.7 Å². The zero-order valence-corrected chi connectivity index (χ0v) is 12.8. The minimum atomic E-state index is -0.786. The highest BCUT2D eigenvalue weighted by Gasteiger charge is 2.44. The molecule has 0 heterocycles. The van der Waals surface area contributed by atoms with Gasteiger partial charge in [-0.05, 0) is 30.6 Å². The molecule has 0 aromatic heterocycles. The second-order valence-corrected chi connectivity index (χ2v) is 6.61. The molecule has 0 radical (unpaired) electrons. The van der Waals surface area contributed by atoms with Crippen LogP contribution in [0.4, 0.5) is 0 Å². The first-order valence-corrected chi connectivity index (χ1v) is 8.40. The summed E-state index contributed by atoms with van der Waals surface area (Å²) < 4.78 is 0. The van der Waals surface area contributed by atoms with Gasteiger partial charge in [0.2, 0.25) is 5.91 Å². The van der Waals surface area contributed by atoms with E-state index in [1.165, 1.54) is 5.56 Å². The molecule has 114 valence electrons. The first-order valence-electron chi connectivity index (χ1n) is 7.24. The van der Waals surface area contributed by atoms with Crippen LogP contribution in [0.2, 0.25) is 0 Å². The molecule has 1 amide bonds. The summed E-state index contributed by atoms with van der Waals surface area (Å²) in [7, 11) is 0. The second kappa shape index (κ2) is 7.50. The number of rotatable bonds is 8. The Hall–Kier alpha value is -1.49. The average Bonchev–Trinajstić information content (AvgIpc) is 2.43. The summed E-state index contributed by atoms with van der Waals surface area (Å²) in [5.74, 6) is 0.427. The average molecular weight is 307 g/mol. The van der Waals surface area contributed by atoms with Crippen molar-refractivity contribution in [1.29, 1.82) is 0 Å². The first-order chi connectivity index (χ1) is 10.1. The van der Waals surface area contributed by atoms with Crippen molar-refractivity contribution in [3.63, 3.8) is 0 Å². The van der Waals surface area contributed by atoms with Crippen LogP contribution in [0.1, 0.15) is 24.8 Å². The molecular formula is C16H21NO3S. The predicted molar refractivity (Wildman–Crippen MR) is 84.4 cm³/mol. The van der Waals surface area contributed by atoms with Crippen molar-refractivity contribution in [2.75, 3.05) is 18.1 Å². The van der Waals surface area contributed by atoms with E-state index in [-0.39, 0.29) is 12.5 Å². The number of aliphatic carboxylic acids is 1. The van der Waals surface area contributed by atoms with Crippen LogP contribution in [-0.2, 0) is 16.0 Å². The summed E-state index contributed by atoms with van der Waals surface area (Å²) in [5, 5.41) is 11.9. The van der Waals surface area contributed by atoms with Crippen LogP contribution in [0.25, 0.3) is 0 Å². The van der Waals surface area contributed by atoms with Gasteiger partial charge in [0.05, 0.1) is 11.2 Å². The van der Waals surface area contributed by atoms with Crippen LogP contribution in [0.3, 0.4) is 0 Å². The predicted octanol–water partition coefficient (Wildman–Crippen LogP) is 2.33. The number of hydrogen-bond acceptors (Lipinski definition) is 3. The Bertz CT molecular complexity index is 486. The van der Waals surface area contributed by atoms with Gasteiger partial charge in [-0.2, -0.15) is 11.8 Å². The molecule has 0 aliphatic heterocycles. The maximum atomic E-state index is 11.7. The maximum absolute atomic E-state index is 11.7. The number of amides is 1. The fourth-order valence-corrected chi connectivity index (χ4v) is 3.20. The van der Waals surface area contributed by atoms with Crippen LogP contribution in [0, 0.1) is 5.41 Å². The summed E-state index contributed by atoms with van der Waals surface area (Å²) in [6.07, 6.45) is 3.22. The third-order valence-corrected chi connectivity index (χ3v) is 4.96. The molecule has 0 saturated heterocycles. The van der Waals surface area contributed by atoms with Gasteiger partial charge in [0, 0.05) is 6.54 Å². The number of aryl methyl sites for hydroxylation is 1. The normalized spacial score (nSPS) is 16.0. The number of hydrogen-bond donors (Lipinski definition) is 2. The standard InChI is InChI=1S/C16H21NO3S/c18-14(17-12-16(15(19)20)8-4-9-16)11-21-10-7-13-5-2-1-3-6-13/h1-3,5-6H,4,7-12H2,(H,17,18)(H,19,20). The van der Waals surface area contributed by atoms with Gasteiger partial charge in [-0.1, -0.05) is 36.8 Å². The van der Waals surface area contributed by atoms with Crippen molar-refractivity contribution in [1.82, 2.24) is 5.32 Å². The number of nitrogens with one attached hydrogen (secondary N) is 1. The quantitative estimate of drug-likeness (QED) is 0.723. The largest absolute Gasteiger partial charge is 0.481 e. The maximum Gasteiger partial charge on any atom is 0.311 e. The molecular weight excluding hydrogens is 286 g/mol. The van der Waals surface area contributed by atoms with E-state index < -0.39 is 11.4 Å². The fourth-order valence-electron chi connectivity index (χ4n) is 2.39. The highest BCUT2D eigenvalue weighted by molar-refractivity contribution is 7.99. The summed E-state index contributed by atoms with van der Waals surface area (Å²) >= 11 is 1.58. The van der Waals surface area contributed by atoms with Crippen molar-refractivity contribution in [3.05, 3.63) is 35.9 Å². The van der Waals surface area contributed by atoms with Crippen molar-refractivity contribution in [2.24, 2.45) is 5.41 Å². The third kappa shape index (κ3) is 4.49. The topological polar surface area (TPSA) is 66.4 Å². The fraction of sp³-hybridized carbons (Fsp3) is 0.500. The Kier molecular flexibility index (Phi) is 5.67. The molecule has 0 bridgehead atoms. The van der Waals surface area contributed by atoms with Crippen LogP contribution in [0.15, 0.2) is 30.3 Å². The molecule has 1 fully saturated rings. The van der Waals surface area contributed by atoms with E-state index in [4.69, 9.17) is 0 Å². The lowest BCUT2D eigenvalue weighted by molar-refractivity contribution is -0.154. The highest BCUT2D eigenvalue weighted by atomic mass is 32.2. The van der Waals surface area contributed by atoms with Gasteiger partial charge in [0.15, 0.2) is 0 Å². The van der Waals surface area contributed by atoms with Gasteiger partial charge in [-0.15, -0.1) is 0 Å². The van der Waals surface area contributed by atoms with Crippen LogP contribution >= 0.6 is 11.8 Å².